The highest BCUT2D eigenvalue weighted by molar-refractivity contribution is 7.18. The van der Waals surface area contributed by atoms with E-state index >= 15 is 0 Å². The van der Waals surface area contributed by atoms with E-state index in [1.807, 2.05) is 24.8 Å². The van der Waals surface area contributed by atoms with E-state index in [0.29, 0.717) is 19.0 Å². The molecule has 0 amide bonds. The summed E-state index contributed by atoms with van der Waals surface area (Å²) in [5.41, 5.74) is 0. The van der Waals surface area contributed by atoms with E-state index in [1.54, 1.807) is 11.3 Å². The Hall–Kier alpha value is -1.44. The molecule has 0 aliphatic rings. The van der Waals surface area contributed by atoms with Crippen molar-refractivity contribution in [2.75, 3.05) is 43.1 Å². The zero-order valence-electron chi connectivity index (χ0n) is 11.8. The predicted octanol–water partition coefficient (Wildman–Crippen LogP) is 1.22. The van der Waals surface area contributed by atoms with Crippen molar-refractivity contribution in [3.63, 3.8) is 0 Å². The van der Waals surface area contributed by atoms with Gasteiger partial charge < -0.3 is 20.4 Å². The first-order chi connectivity index (χ1) is 9.69. The summed E-state index contributed by atoms with van der Waals surface area (Å²) in [5.74, 6) is 1.34. The van der Waals surface area contributed by atoms with Gasteiger partial charge in [0.2, 0.25) is 5.95 Å². The van der Waals surface area contributed by atoms with Gasteiger partial charge in [-0.15, -0.1) is 11.3 Å². The third-order valence-corrected chi connectivity index (χ3v) is 3.81. The largest absolute Gasteiger partial charge is 0.395 e. The van der Waals surface area contributed by atoms with Crippen LogP contribution in [0.5, 0.6) is 0 Å². The third-order valence-electron chi connectivity index (χ3n) is 2.87. The number of aryl methyl sites for hydroxylation is 1. The van der Waals surface area contributed by atoms with Crippen molar-refractivity contribution in [1.82, 2.24) is 9.97 Å². The Kier molecular flexibility index (Phi) is 5.11. The molecular weight excluding hydrogens is 276 g/mol. The summed E-state index contributed by atoms with van der Waals surface area (Å²) in [5, 5.41) is 22.5. The Labute approximate surface area is 122 Å². The minimum absolute atomic E-state index is 0.0190. The number of hydrogen-bond donors (Lipinski definition) is 3. The summed E-state index contributed by atoms with van der Waals surface area (Å²) >= 11 is 1.62. The number of aromatic nitrogens is 2. The molecule has 0 aliphatic carbocycles. The average Bonchev–Trinajstić information content (AvgIpc) is 2.78. The van der Waals surface area contributed by atoms with Gasteiger partial charge in [0.1, 0.15) is 10.6 Å². The van der Waals surface area contributed by atoms with Crippen LogP contribution in [0.1, 0.15) is 11.8 Å². The van der Waals surface area contributed by atoms with Crippen LogP contribution in [0.15, 0.2) is 6.07 Å². The van der Waals surface area contributed by atoms with E-state index < -0.39 is 0 Å². The average molecular weight is 296 g/mol. The summed E-state index contributed by atoms with van der Waals surface area (Å²) in [6.45, 7) is 5.68. The van der Waals surface area contributed by atoms with Gasteiger partial charge in [-0.1, -0.05) is 0 Å². The highest BCUT2D eigenvalue weighted by Crippen LogP contribution is 2.31. The number of rotatable bonds is 7. The molecule has 20 heavy (non-hydrogen) atoms. The molecule has 2 aromatic rings. The topological polar surface area (TPSA) is 81.5 Å². The van der Waals surface area contributed by atoms with E-state index in [9.17, 15) is 10.2 Å². The van der Waals surface area contributed by atoms with Crippen molar-refractivity contribution in [1.29, 1.82) is 0 Å². The zero-order valence-corrected chi connectivity index (χ0v) is 12.6. The van der Waals surface area contributed by atoms with Gasteiger partial charge in [0, 0.05) is 24.5 Å². The Morgan fingerprint density at radius 1 is 1.25 bits per heavy atom. The van der Waals surface area contributed by atoms with Crippen molar-refractivity contribution in [2.24, 2.45) is 0 Å². The maximum atomic E-state index is 9.19. The molecule has 0 saturated heterocycles. The minimum atomic E-state index is 0.0190. The fraction of sp³-hybridized carbons (Fsp3) is 0.538. The number of nitrogens with zero attached hydrogens (tertiary/aromatic N) is 3. The van der Waals surface area contributed by atoms with Crippen LogP contribution < -0.4 is 10.2 Å². The van der Waals surface area contributed by atoms with Crippen LogP contribution in [-0.2, 0) is 0 Å². The van der Waals surface area contributed by atoms with E-state index in [1.165, 1.54) is 0 Å². The lowest BCUT2D eigenvalue weighted by Gasteiger charge is -2.22. The van der Waals surface area contributed by atoms with Gasteiger partial charge in [-0.25, -0.2) is 4.98 Å². The number of fused-ring (bicyclic) bond motifs is 1. The van der Waals surface area contributed by atoms with Crippen LogP contribution in [0, 0.1) is 6.92 Å². The maximum Gasteiger partial charge on any atom is 0.226 e. The first-order valence-corrected chi connectivity index (χ1v) is 7.50. The number of hydrogen-bond acceptors (Lipinski definition) is 7. The van der Waals surface area contributed by atoms with E-state index in [-0.39, 0.29) is 13.2 Å². The molecule has 0 radical (unpaired) electrons. The summed E-state index contributed by atoms with van der Waals surface area (Å²) in [6.07, 6.45) is 0. The van der Waals surface area contributed by atoms with Gasteiger partial charge in [-0.2, -0.15) is 4.98 Å². The van der Waals surface area contributed by atoms with Gasteiger partial charge in [0.05, 0.1) is 18.6 Å². The highest BCUT2D eigenvalue weighted by Gasteiger charge is 2.15. The number of thiophene rings is 1. The molecule has 2 aromatic heterocycles. The smallest absolute Gasteiger partial charge is 0.226 e. The summed E-state index contributed by atoms with van der Waals surface area (Å²) in [4.78, 5) is 13.0. The van der Waals surface area contributed by atoms with Crippen LogP contribution in [0.4, 0.5) is 11.8 Å². The normalized spacial score (nSPS) is 11.0. The molecule has 0 spiro atoms. The van der Waals surface area contributed by atoms with Crippen LogP contribution in [0.2, 0.25) is 0 Å². The molecule has 3 N–H and O–H groups in total. The zero-order chi connectivity index (χ0) is 14.5. The fourth-order valence-corrected chi connectivity index (χ4v) is 2.94. The lowest BCUT2D eigenvalue weighted by molar-refractivity contribution is 0.281. The Morgan fingerprint density at radius 2 is 1.95 bits per heavy atom. The summed E-state index contributed by atoms with van der Waals surface area (Å²) in [7, 11) is 0. The second kappa shape index (κ2) is 6.83. The van der Waals surface area contributed by atoms with Crippen molar-refractivity contribution in [3.8, 4) is 0 Å². The van der Waals surface area contributed by atoms with Crippen LogP contribution in [0.3, 0.4) is 0 Å². The Morgan fingerprint density at radius 3 is 2.55 bits per heavy atom. The molecule has 2 heterocycles. The molecule has 0 fully saturated rings. The Bertz CT molecular complexity index is 567. The minimum Gasteiger partial charge on any atom is -0.395 e. The van der Waals surface area contributed by atoms with Crippen LogP contribution >= 0.6 is 11.3 Å². The highest BCUT2D eigenvalue weighted by atomic mass is 32.1. The van der Waals surface area contributed by atoms with Gasteiger partial charge in [-0.3, -0.25) is 0 Å². The molecule has 0 atom stereocenters. The van der Waals surface area contributed by atoms with Crippen molar-refractivity contribution >= 4 is 33.3 Å². The predicted molar refractivity (Wildman–Crippen MR) is 82.7 cm³/mol. The molecule has 0 saturated carbocycles. The first kappa shape index (κ1) is 15.0. The molecule has 0 bridgehead atoms. The molecule has 2 rings (SSSR count). The lowest BCUT2D eigenvalue weighted by Crippen LogP contribution is -2.30. The van der Waals surface area contributed by atoms with E-state index in [0.717, 1.165) is 27.5 Å². The molecule has 6 nitrogen and oxygen atoms in total. The molecule has 0 unspecified atom stereocenters. The molecule has 110 valence electrons. The fourth-order valence-electron chi connectivity index (χ4n) is 2.07. The summed E-state index contributed by atoms with van der Waals surface area (Å²) in [6, 6.07) is 2.05. The van der Waals surface area contributed by atoms with Crippen molar-refractivity contribution in [2.45, 2.75) is 13.8 Å². The molecule has 0 aromatic carbocycles. The molecule has 7 heteroatoms. The maximum absolute atomic E-state index is 9.19. The van der Waals surface area contributed by atoms with E-state index in [2.05, 4.69) is 15.3 Å². The van der Waals surface area contributed by atoms with Crippen molar-refractivity contribution in [3.05, 3.63) is 10.9 Å². The van der Waals surface area contributed by atoms with Crippen LogP contribution in [0.25, 0.3) is 10.2 Å². The molecule has 0 aliphatic heterocycles. The third kappa shape index (κ3) is 3.17. The quantitative estimate of drug-likeness (QED) is 0.713. The molecular formula is C13H20N4O2S. The number of anilines is 2. The second-order valence-corrected chi connectivity index (χ2v) is 5.65. The van der Waals surface area contributed by atoms with E-state index in [4.69, 9.17) is 0 Å². The first-order valence-electron chi connectivity index (χ1n) is 6.68. The van der Waals surface area contributed by atoms with Gasteiger partial charge >= 0.3 is 0 Å². The van der Waals surface area contributed by atoms with Gasteiger partial charge in [0.15, 0.2) is 0 Å². The van der Waals surface area contributed by atoms with Gasteiger partial charge in [-0.05, 0) is 19.9 Å². The number of aliphatic hydroxyl groups excluding tert-OH is 2. The lowest BCUT2D eigenvalue weighted by atomic mass is 10.3. The van der Waals surface area contributed by atoms with Gasteiger partial charge in [0.25, 0.3) is 0 Å². The SMILES string of the molecule is CCNc1nc(N(CCO)CCO)c2cc(C)sc2n1. The van der Waals surface area contributed by atoms with Crippen LogP contribution in [-0.4, -0.2) is 53.0 Å². The number of aliphatic hydroxyl groups is 2. The standard InChI is InChI=1S/C13H20N4O2S/c1-3-14-13-15-11(17(4-6-18)5-7-19)10-8-9(2)20-12(10)16-13/h8,18-19H,3-7H2,1-2H3,(H,14,15,16). The number of nitrogens with one attached hydrogen (secondary N) is 1. The monoisotopic (exact) mass is 296 g/mol. The summed E-state index contributed by atoms with van der Waals surface area (Å²) < 4.78 is 0. The Balaban J connectivity index is 2.51. The second-order valence-electron chi connectivity index (χ2n) is 4.41. The van der Waals surface area contributed by atoms with Crippen molar-refractivity contribution < 1.29 is 10.2 Å².